The zero-order valence-corrected chi connectivity index (χ0v) is 12.9. The molecule has 1 heterocycles. The van der Waals surface area contributed by atoms with Gasteiger partial charge in [-0.3, -0.25) is 0 Å². The van der Waals surface area contributed by atoms with Crippen LogP contribution in [0.4, 0.5) is 0 Å². The molecule has 0 atom stereocenters. The molecule has 3 rings (SSSR count). The smallest absolute Gasteiger partial charge is 0.0716 e. The third-order valence-corrected chi connectivity index (χ3v) is 5.18. The van der Waals surface area contributed by atoms with E-state index in [1.54, 1.807) is 0 Å². The van der Waals surface area contributed by atoms with E-state index in [0.29, 0.717) is 13.2 Å². The Hall–Kier alpha value is -1.33. The van der Waals surface area contributed by atoms with Gasteiger partial charge in [-0.05, 0) is 41.9 Å². The van der Waals surface area contributed by atoms with Crippen LogP contribution < -0.4 is 0 Å². The van der Waals surface area contributed by atoms with Crippen molar-refractivity contribution in [2.75, 3.05) is 13.2 Å². The van der Waals surface area contributed by atoms with Crippen molar-refractivity contribution in [3.8, 4) is 6.07 Å². The lowest BCUT2D eigenvalue weighted by molar-refractivity contribution is -0.0870. The lowest BCUT2D eigenvalue weighted by Gasteiger charge is -2.46. The van der Waals surface area contributed by atoms with Crippen molar-refractivity contribution < 1.29 is 4.74 Å². The Bertz CT molecular complexity index is 580. The van der Waals surface area contributed by atoms with Crippen molar-refractivity contribution in [2.45, 2.75) is 51.4 Å². The van der Waals surface area contributed by atoms with Gasteiger partial charge in [0.15, 0.2) is 0 Å². The van der Waals surface area contributed by atoms with Crippen LogP contribution in [-0.4, -0.2) is 13.2 Å². The summed E-state index contributed by atoms with van der Waals surface area (Å²) in [4.78, 5) is 0. The van der Waals surface area contributed by atoms with Gasteiger partial charge in [0.25, 0.3) is 0 Å². The SMILES string of the molecule is Cc1cc(C(C)(C)C)ccc1C1(C2(C#N)CC2)COC1. The minimum Gasteiger partial charge on any atom is -0.379 e. The molecule has 2 fully saturated rings. The summed E-state index contributed by atoms with van der Waals surface area (Å²) in [6.07, 6.45) is 2.04. The van der Waals surface area contributed by atoms with Crippen LogP contribution in [0.2, 0.25) is 0 Å². The van der Waals surface area contributed by atoms with Crippen LogP contribution in [-0.2, 0) is 15.6 Å². The number of nitriles is 1. The van der Waals surface area contributed by atoms with Crippen LogP contribution in [0.3, 0.4) is 0 Å². The van der Waals surface area contributed by atoms with E-state index in [2.05, 4.69) is 52.0 Å². The number of aryl methyl sites for hydroxylation is 1. The number of nitrogens with zero attached hydrogens (tertiary/aromatic N) is 1. The largest absolute Gasteiger partial charge is 0.379 e. The molecular formula is C18H23NO. The van der Waals surface area contributed by atoms with Gasteiger partial charge >= 0.3 is 0 Å². The summed E-state index contributed by atoms with van der Waals surface area (Å²) in [5.41, 5.74) is 3.94. The topological polar surface area (TPSA) is 33.0 Å². The average Bonchev–Trinajstić information content (AvgIpc) is 3.10. The Morgan fingerprint density at radius 2 is 1.85 bits per heavy atom. The molecule has 20 heavy (non-hydrogen) atoms. The lowest BCUT2D eigenvalue weighted by atomic mass is 9.65. The highest BCUT2D eigenvalue weighted by molar-refractivity contribution is 5.45. The van der Waals surface area contributed by atoms with Gasteiger partial charge in [0, 0.05) is 0 Å². The molecule has 0 aromatic heterocycles. The lowest BCUT2D eigenvalue weighted by Crippen LogP contribution is -2.53. The second-order valence-corrected chi connectivity index (χ2v) is 7.55. The Morgan fingerprint density at radius 1 is 1.20 bits per heavy atom. The van der Waals surface area contributed by atoms with Gasteiger partial charge in [0.05, 0.1) is 30.1 Å². The van der Waals surface area contributed by atoms with E-state index in [-0.39, 0.29) is 16.2 Å². The number of hydrogen-bond acceptors (Lipinski definition) is 2. The van der Waals surface area contributed by atoms with Crippen molar-refractivity contribution in [1.82, 2.24) is 0 Å². The Morgan fingerprint density at radius 3 is 2.20 bits per heavy atom. The van der Waals surface area contributed by atoms with E-state index in [1.165, 1.54) is 16.7 Å². The first-order valence-electron chi connectivity index (χ1n) is 7.45. The minimum absolute atomic E-state index is 0.0533. The molecule has 2 heteroatoms. The van der Waals surface area contributed by atoms with Gasteiger partial charge in [0.1, 0.15) is 0 Å². The fourth-order valence-electron chi connectivity index (χ4n) is 3.49. The van der Waals surface area contributed by atoms with Crippen LogP contribution in [0.15, 0.2) is 18.2 Å². The third-order valence-electron chi connectivity index (χ3n) is 5.18. The summed E-state index contributed by atoms with van der Waals surface area (Å²) in [6, 6.07) is 9.36. The molecular weight excluding hydrogens is 246 g/mol. The number of rotatable bonds is 2. The minimum atomic E-state index is -0.167. The maximum atomic E-state index is 9.59. The monoisotopic (exact) mass is 269 g/mol. The van der Waals surface area contributed by atoms with Crippen LogP contribution in [0.1, 0.15) is 50.3 Å². The molecule has 1 saturated heterocycles. The predicted molar refractivity (Wildman–Crippen MR) is 79.7 cm³/mol. The molecule has 0 amide bonds. The van der Waals surface area contributed by atoms with E-state index < -0.39 is 0 Å². The standard InChI is InChI=1S/C18H23NO/c1-13-9-14(16(2,3)4)5-6-15(13)18(11-20-12-18)17(10-19)7-8-17/h5-6,9H,7-8,11-12H2,1-4H3. The molecule has 2 aliphatic rings. The zero-order chi connectivity index (χ0) is 14.6. The Kier molecular flexibility index (Phi) is 2.79. The van der Waals surface area contributed by atoms with E-state index in [0.717, 1.165) is 12.8 Å². The summed E-state index contributed by atoms with van der Waals surface area (Å²) >= 11 is 0. The predicted octanol–water partition coefficient (Wildman–Crippen LogP) is 3.86. The summed E-state index contributed by atoms with van der Waals surface area (Å²) in [7, 11) is 0. The van der Waals surface area contributed by atoms with Crippen molar-refractivity contribution >= 4 is 0 Å². The van der Waals surface area contributed by atoms with Crippen LogP contribution in [0.25, 0.3) is 0 Å². The van der Waals surface area contributed by atoms with E-state index in [1.807, 2.05) is 0 Å². The highest BCUT2D eigenvalue weighted by atomic mass is 16.5. The van der Waals surface area contributed by atoms with Gasteiger partial charge < -0.3 is 4.74 Å². The molecule has 1 aromatic rings. The number of ether oxygens (including phenoxy) is 1. The first-order chi connectivity index (χ1) is 9.35. The van der Waals surface area contributed by atoms with Crippen LogP contribution in [0.5, 0.6) is 0 Å². The molecule has 2 nitrogen and oxygen atoms in total. The number of hydrogen-bond donors (Lipinski definition) is 0. The average molecular weight is 269 g/mol. The van der Waals surface area contributed by atoms with Gasteiger partial charge in [0.2, 0.25) is 0 Å². The van der Waals surface area contributed by atoms with Crippen molar-refractivity contribution in [2.24, 2.45) is 5.41 Å². The molecule has 0 unspecified atom stereocenters. The molecule has 0 bridgehead atoms. The quantitative estimate of drug-likeness (QED) is 0.816. The van der Waals surface area contributed by atoms with Gasteiger partial charge in [-0.1, -0.05) is 39.0 Å². The first-order valence-corrected chi connectivity index (χ1v) is 7.45. The van der Waals surface area contributed by atoms with Crippen molar-refractivity contribution in [1.29, 1.82) is 5.26 Å². The zero-order valence-electron chi connectivity index (χ0n) is 12.9. The summed E-state index contributed by atoms with van der Waals surface area (Å²) in [5.74, 6) is 0. The first kappa shape index (κ1) is 13.6. The number of benzene rings is 1. The van der Waals surface area contributed by atoms with Gasteiger partial charge in [-0.15, -0.1) is 0 Å². The molecule has 0 radical (unpaired) electrons. The molecule has 1 aliphatic carbocycles. The highest BCUT2D eigenvalue weighted by Crippen LogP contribution is 2.62. The fourth-order valence-corrected chi connectivity index (χ4v) is 3.49. The fraction of sp³-hybridized carbons (Fsp3) is 0.611. The summed E-state index contributed by atoms with van der Waals surface area (Å²) in [5, 5.41) is 9.59. The summed E-state index contributed by atoms with van der Waals surface area (Å²) in [6.45, 7) is 10.3. The Labute approximate surface area is 121 Å². The van der Waals surface area contributed by atoms with Gasteiger partial charge in [-0.2, -0.15) is 5.26 Å². The maximum absolute atomic E-state index is 9.59. The van der Waals surface area contributed by atoms with E-state index in [9.17, 15) is 5.26 Å². The molecule has 1 saturated carbocycles. The Balaban J connectivity index is 2.05. The van der Waals surface area contributed by atoms with Gasteiger partial charge in [-0.25, -0.2) is 0 Å². The van der Waals surface area contributed by atoms with Crippen LogP contribution >= 0.6 is 0 Å². The molecule has 106 valence electrons. The highest BCUT2D eigenvalue weighted by Gasteiger charge is 2.64. The normalized spacial score (nSPS) is 22.8. The molecule has 1 aromatic carbocycles. The molecule has 0 spiro atoms. The third kappa shape index (κ3) is 1.73. The van der Waals surface area contributed by atoms with Crippen LogP contribution in [0, 0.1) is 23.7 Å². The van der Waals surface area contributed by atoms with Crippen molar-refractivity contribution in [3.05, 3.63) is 34.9 Å². The molecule has 1 aliphatic heterocycles. The van der Waals surface area contributed by atoms with Crippen molar-refractivity contribution in [3.63, 3.8) is 0 Å². The second-order valence-electron chi connectivity index (χ2n) is 7.55. The molecule has 0 N–H and O–H groups in total. The van der Waals surface area contributed by atoms with E-state index in [4.69, 9.17) is 4.74 Å². The summed E-state index contributed by atoms with van der Waals surface area (Å²) < 4.78 is 5.52. The second kappa shape index (κ2) is 4.09. The van der Waals surface area contributed by atoms with E-state index >= 15 is 0 Å². The maximum Gasteiger partial charge on any atom is 0.0716 e.